The average Bonchev–Trinajstić information content (AvgIpc) is 3.02. The highest BCUT2D eigenvalue weighted by Crippen LogP contribution is 2.31. The van der Waals surface area contributed by atoms with Crippen molar-refractivity contribution < 1.29 is 9.53 Å². The summed E-state index contributed by atoms with van der Waals surface area (Å²) in [6.07, 6.45) is 1.76. The molecule has 0 amide bonds. The summed E-state index contributed by atoms with van der Waals surface area (Å²) in [6.45, 7) is 0. The lowest BCUT2D eigenvalue weighted by molar-refractivity contribution is -0.147. The van der Waals surface area contributed by atoms with Crippen LogP contribution < -0.4 is 5.32 Å². The second kappa shape index (κ2) is 6.88. The van der Waals surface area contributed by atoms with Gasteiger partial charge >= 0.3 is 5.97 Å². The quantitative estimate of drug-likeness (QED) is 0.656. The minimum atomic E-state index is -0.869. The number of methoxy groups -OCH3 is 1. The molecule has 20 heavy (non-hydrogen) atoms. The third-order valence-corrected chi connectivity index (χ3v) is 5.19. The zero-order valence-electron chi connectivity index (χ0n) is 11.3. The van der Waals surface area contributed by atoms with Crippen molar-refractivity contribution in [1.82, 2.24) is 10.3 Å². The number of thiazole rings is 1. The molecule has 1 aromatic carbocycles. The number of carbonyl (C=O) groups is 1. The highest BCUT2D eigenvalue weighted by atomic mass is 32.2. The lowest BCUT2D eigenvalue weighted by Gasteiger charge is -2.30. The van der Waals surface area contributed by atoms with E-state index in [1.807, 2.05) is 35.7 Å². The molecule has 0 saturated carbocycles. The Morgan fingerprint density at radius 3 is 2.75 bits per heavy atom. The molecule has 1 unspecified atom stereocenters. The Morgan fingerprint density at radius 2 is 2.20 bits per heavy atom. The Labute approximate surface area is 126 Å². The van der Waals surface area contributed by atoms with E-state index in [1.165, 1.54) is 7.11 Å². The van der Waals surface area contributed by atoms with Gasteiger partial charge in [0.05, 0.1) is 7.11 Å². The van der Waals surface area contributed by atoms with Crippen molar-refractivity contribution in [2.75, 3.05) is 19.9 Å². The molecule has 0 aliphatic heterocycles. The number of benzene rings is 1. The molecule has 1 aromatic heterocycles. The maximum atomic E-state index is 12.3. The summed E-state index contributed by atoms with van der Waals surface area (Å²) in [5.74, 6) is 0.225. The van der Waals surface area contributed by atoms with Gasteiger partial charge in [0.25, 0.3) is 0 Å². The number of rotatable bonds is 6. The van der Waals surface area contributed by atoms with Gasteiger partial charge in [-0.2, -0.15) is 0 Å². The second-order valence-electron chi connectivity index (χ2n) is 4.10. The lowest BCUT2D eigenvalue weighted by atomic mass is 9.92. The molecule has 0 aliphatic carbocycles. The second-order valence-corrected chi connectivity index (χ2v) is 6.22. The fraction of sp³-hybridized carbons (Fsp3) is 0.286. The number of likely N-dealkylation sites (N-methyl/N-ethyl adjacent to an activating group) is 1. The zero-order chi connectivity index (χ0) is 14.4. The maximum absolute atomic E-state index is 12.3. The van der Waals surface area contributed by atoms with Crippen LogP contribution in [0.15, 0.2) is 46.2 Å². The fourth-order valence-electron chi connectivity index (χ4n) is 1.93. The van der Waals surface area contributed by atoms with Gasteiger partial charge in [0, 0.05) is 17.3 Å². The van der Waals surface area contributed by atoms with Crippen molar-refractivity contribution >= 4 is 29.1 Å². The van der Waals surface area contributed by atoms with E-state index in [0.29, 0.717) is 5.75 Å². The van der Waals surface area contributed by atoms with Crippen molar-refractivity contribution in [1.29, 1.82) is 0 Å². The van der Waals surface area contributed by atoms with Gasteiger partial charge in [0.2, 0.25) is 0 Å². The predicted octanol–water partition coefficient (Wildman–Crippen LogP) is 2.52. The maximum Gasteiger partial charge on any atom is 0.331 e. The average molecular weight is 308 g/mol. The van der Waals surface area contributed by atoms with Crippen molar-refractivity contribution in [3.63, 3.8) is 0 Å². The topological polar surface area (TPSA) is 51.2 Å². The molecule has 1 N–H and O–H groups in total. The summed E-state index contributed by atoms with van der Waals surface area (Å²) in [5.41, 5.74) is 0.0187. The molecule has 0 saturated heterocycles. The molecule has 1 heterocycles. The van der Waals surface area contributed by atoms with Crippen LogP contribution in [0.1, 0.15) is 5.56 Å². The van der Waals surface area contributed by atoms with Gasteiger partial charge in [-0.15, -0.1) is 11.3 Å². The van der Waals surface area contributed by atoms with Crippen LogP contribution in [0, 0.1) is 0 Å². The number of carbonyl (C=O) groups excluding carboxylic acids is 1. The number of nitrogens with zero attached hydrogens (tertiary/aromatic N) is 1. The first-order valence-corrected chi connectivity index (χ1v) is 7.94. The van der Waals surface area contributed by atoms with Crippen molar-refractivity contribution in [2.24, 2.45) is 0 Å². The molecule has 1 atom stereocenters. The first-order valence-electron chi connectivity index (χ1n) is 6.08. The number of thioether (sulfide) groups is 1. The number of ether oxygens (including phenoxy) is 1. The minimum Gasteiger partial charge on any atom is -0.467 e. The normalized spacial score (nSPS) is 13.7. The van der Waals surface area contributed by atoms with E-state index in [9.17, 15) is 4.79 Å². The standard InChI is InChI=1S/C14H16N2O2S2/c1-15-14(12(17)18-2,11-6-4-3-5-7-11)10-20-13-16-8-9-19-13/h3-9,15H,10H2,1-2H3. The number of hydrogen-bond donors (Lipinski definition) is 1. The molecule has 0 bridgehead atoms. The molecule has 0 spiro atoms. The molecule has 6 heteroatoms. The first-order chi connectivity index (χ1) is 9.73. The monoisotopic (exact) mass is 308 g/mol. The van der Waals surface area contributed by atoms with Gasteiger partial charge < -0.3 is 10.1 Å². The Balaban J connectivity index is 2.30. The zero-order valence-corrected chi connectivity index (χ0v) is 13.0. The van der Waals surface area contributed by atoms with Crippen molar-refractivity contribution in [3.05, 3.63) is 47.5 Å². The third kappa shape index (κ3) is 3.03. The van der Waals surface area contributed by atoms with Crippen LogP contribution in [-0.4, -0.2) is 30.9 Å². The third-order valence-electron chi connectivity index (χ3n) is 3.05. The van der Waals surface area contributed by atoms with Crippen LogP contribution in [0.5, 0.6) is 0 Å². The number of nitrogens with one attached hydrogen (secondary N) is 1. The number of hydrogen-bond acceptors (Lipinski definition) is 6. The summed E-state index contributed by atoms with van der Waals surface area (Å²) in [5, 5.41) is 5.05. The molecule has 4 nitrogen and oxygen atoms in total. The molecular weight excluding hydrogens is 292 g/mol. The molecular formula is C14H16N2O2S2. The largest absolute Gasteiger partial charge is 0.467 e. The van der Waals surface area contributed by atoms with E-state index in [4.69, 9.17) is 4.74 Å². The Bertz CT molecular complexity index is 546. The van der Waals surface area contributed by atoms with E-state index in [2.05, 4.69) is 10.3 Å². The Kier molecular flexibility index (Phi) is 5.17. The summed E-state index contributed by atoms with van der Waals surface area (Å²) in [4.78, 5) is 16.5. The fourth-order valence-corrected chi connectivity index (χ4v) is 3.81. The number of aromatic nitrogens is 1. The number of esters is 1. The van der Waals surface area contributed by atoms with Crippen LogP contribution in [0.2, 0.25) is 0 Å². The highest BCUT2D eigenvalue weighted by Gasteiger charge is 2.40. The van der Waals surface area contributed by atoms with Gasteiger partial charge in [-0.1, -0.05) is 42.1 Å². The van der Waals surface area contributed by atoms with E-state index in [1.54, 1.807) is 36.3 Å². The minimum absolute atomic E-state index is 0.296. The molecule has 0 radical (unpaired) electrons. The smallest absolute Gasteiger partial charge is 0.331 e. The summed E-state index contributed by atoms with van der Waals surface area (Å²) in [7, 11) is 3.18. The Hall–Kier alpha value is -1.37. The van der Waals surface area contributed by atoms with Gasteiger partial charge in [-0.25, -0.2) is 9.78 Å². The Morgan fingerprint density at radius 1 is 1.45 bits per heavy atom. The van der Waals surface area contributed by atoms with Crippen LogP contribution in [0.3, 0.4) is 0 Å². The summed E-state index contributed by atoms with van der Waals surface area (Å²) < 4.78 is 5.93. The van der Waals surface area contributed by atoms with Gasteiger partial charge in [-0.3, -0.25) is 0 Å². The van der Waals surface area contributed by atoms with Crippen molar-refractivity contribution in [2.45, 2.75) is 9.88 Å². The van der Waals surface area contributed by atoms with Crippen LogP contribution in [0.25, 0.3) is 0 Å². The van der Waals surface area contributed by atoms with E-state index in [-0.39, 0.29) is 5.97 Å². The lowest BCUT2D eigenvalue weighted by Crippen LogP contribution is -2.50. The van der Waals surface area contributed by atoms with Crippen LogP contribution in [0.4, 0.5) is 0 Å². The molecule has 2 aromatic rings. The van der Waals surface area contributed by atoms with Crippen LogP contribution in [-0.2, 0) is 15.1 Å². The predicted molar refractivity (Wildman–Crippen MR) is 82.0 cm³/mol. The van der Waals surface area contributed by atoms with Gasteiger partial charge in [-0.05, 0) is 12.6 Å². The van der Waals surface area contributed by atoms with Crippen molar-refractivity contribution in [3.8, 4) is 0 Å². The molecule has 0 aliphatic rings. The molecule has 0 fully saturated rings. The van der Waals surface area contributed by atoms with Gasteiger partial charge in [0.15, 0.2) is 5.54 Å². The summed E-state index contributed by atoms with van der Waals surface area (Å²) in [6, 6.07) is 9.61. The van der Waals surface area contributed by atoms with E-state index in [0.717, 1.165) is 9.90 Å². The first kappa shape index (κ1) is 15.0. The van der Waals surface area contributed by atoms with E-state index < -0.39 is 5.54 Å². The van der Waals surface area contributed by atoms with E-state index >= 15 is 0 Å². The molecule has 2 rings (SSSR count). The van der Waals surface area contributed by atoms with Crippen LogP contribution >= 0.6 is 23.1 Å². The SMILES string of the molecule is CNC(CSc1nccs1)(C(=O)OC)c1ccccc1. The summed E-state index contributed by atoms with van der Waals surface area (Å²) >= 11 is 3.10. The van der Waals surface area contributed by atoms with Gasteiger partial charge in [0.1, 0.15) is 4.34 Å². The highest BCUT2D eigenvalue weighted by molar-refractivity contribution is 8.01. The molecule has 106 valence electrons.